The van der Waals surface area contributed by atoms with Gasteiger partial charge >= 0.3 is 0 Å². The number of benzene rings is 4. The Morgan fingerprint density at radius 3 is 1.33 bits per heavy atom. The summed E-state index contributed by atoms with van der Waals surface area (Å²) in [5.74, 6) is 3.45. The second-order valence-electron chi connectivity index (χ2n) is 8.39. The van der Waals surface area contributed by atoms with E-state index in [0.717, 1.165) is 71.1 Å². The molecule has 0 spiro atoms. The lowest BCUT2D eigenvalue weighted by molar-refractivity contribution is 0.314. The first-order chi connectivity index (χ1) is 17.7. The van der Waals surface area contributed by atoms with Crippen LogP contribution in [-0.2, 0) is 0 Å². The van der Waals surface area contributed by atoms with Crippen LogP contribution in [0.2, 0.25) is 0 Å². The average molecular weight is 487 g/mol. The first-order valence-corrected chi connectivity index (χ1v) is 12.3. The normalized spacial score (nSPS) is 10.6. The zero-order valence-electron chi connectivity index (χ0n) is 21.0. The van der Waals surface area contributed by atoms with Crippen molar-refractivity contribution in [2.75, 3.05) is 51.2 Å². The van der Waals surface area contributed by atoms with Crippen LogP contribution in [0.3, 0.4) is 0 Å². The highest BCUT2D eigenvalue weighted by molar-refractivity contribution is 5.85. The Bertz CT molecular complexity index is 1120. The molecule has 0 heterocycles. The van der Waals surface area contributed by atoms with Gasteiger partial charge in [0, 0.05) is 24.5 Å². The fourth-order valence-corrected chi connectivity index (χ4v) is 3.79. The molecule has 4 aromatic rings. The number of ether oxygens (including phenoxy) is 4. The smallest absolute Gasteiger partial charge is 0.119 e. The van der Waals surface area contributed by atoms with Gasteiger partial charge in [0.05, 0.1) is 27.4 Å². The van der Waals surface area contributed by atoms with Crippen LogP contribution in [0.4, 0.5) is 11.4 Å². The van der Waals surface area contributed by atoms with Gasteiger partial charge in [0.25, 0.3) is 0 Å². The average Bonchev–Trinajstić information content (AvgIpc) is 2.93. The van der Waals surface area contributed by atoms with Gasteiger partial charge in [0.15, 0.2) is 0 Å². The molecule has 4 rings (SSSR count). The van der Waals surface area contributed by atoms with Crippen LogP contribution in [0.25, 0.3) is 10.8 Å². The molecule has 6 nitrogen and oxygen atoms in total. The second-order valence-corrected chi connectivity index (χ2v) is 8.39. The molecule has 0 unspecified atom stereocenters. The number of rotatable bonds is 14. The summed E-state index contributed by atoms with van der Waals surface area (Å²) in [6.45, 7) is 2.97. The molecule has 0 aliphatic heterocycles. The largest absolute Gasteiger partial charge is 0.497 e. The molecule has 0 fully saturated rings. The van der Waals surface area contributed by atoms with Crippen molar-refractivity contribution >= 4 is 22.1 Å². The monoisotopic (exact) mass is 486 g/mol. The number of hydrogen-bond donors (Lipinski definition) is 2. The van der Waals surface area contributed by atoms with E-state index in [0.29, 0.717) is 13.2 Å². The van der Waals surface area contributed by atoms with E-state index >= 15 is 0 Å². The predicted molar refractivity (Wildman–Crippen MR) is 147 cm³/mol. The fourth-order valence-electron chi connectivity index (χ4n) is 3.79. The second kappa shape index (κ2) is 13.1. The zero-order chi connectivity index (χ0) is 25.0. The maximum Gasteiger partial charge on any atom is 0.119 e. The highest BCUT2D eigenvalue weighted by atomic mass is 16.5. The summed E-state index contributed by atoms with van der Waals surface area (Å²) in [6, 6.07) is 28.2. The third-order valence-electron chi connectivity index (χ3n) is 5.80. The molecular weight excluding hydrogens is 452 g/mol. The van der Waals surface area contributed by atoms with Crippen LogP contribution in [0, 0.1) is 0 Å². The van der Waals surface area contributed by atoms with Crippen LogP contribution >= 0.6 is 0 Å². The number of nitrogens with one attached hydrogen (secondary N) is 2. The maximum atomic E-state index is 5.98. The zero-order valence-corrected chi connectivity index (χ0v) is 21.0. The Hall–Kier alpha value is -4.06. The Morgan fingerprint density at radius 2 is 0.917 bits per heavy atom. The molecule has 0 aromatic heterocycles. The molecule has 4 aromatic carbocycles. The lowest BCUT2D eigenvalue weighted by Crippen LogP contribution is -2.07. The van der Waals surface area contributed by atoms with Crippen molar-refractivity contribution in [3.05, 3.63) is 84.9 Å². The van der Waals surface area contributed by atoms with E-state index in [1.165, 1.54) is 0 Å². The number of anilines is 2. The molecule has 0 bridgehead atoms. The summed E-state index contributed by atoms with van der Waals surface area (Å²) in [4.78, 5) is 0. The van der Waals surface area contributed by atoms with Gasteiger partial charge < -0.3 is 29.6 Å². The van der Waals surface area contributed by atoms with Crippen LogP contribution in [0.5, 0.6) is 23.0 Å². The van der Waals surface area contributed by atoms with E-state index in [1.807, 2.05) is 60.7 Å². The first-order valence-electron chi connectivity index (χ1n) is 12.3. The summed E-state index contributed by atoms with van der Waals surface area (Å²) in [6.07, 6.45) is 1.80. The van der Waals surface area contributed by atoms with E-state index in [1.54, 1.807) is 14.2 Å². The molecule has 0 atom stereocenters. The van der Waals surface area contributed by atoms with Crippen molar-refractivity contribution in [1.82, 2.24) is 0 Å². The molecule has 36 heavy (non-hydrogen) atoms. The molecule has 188 valence electrons. The predicted octanol–water partition coefficient (Wildman–Crippen LogP) is 6.62. The minimum absolute atomic E-state index is 0.645. The number of hydrogen-bond acceptors (Lipinski definition) is 6. The highest BCUT2D eigenvalue weighted by Gasteiger charge is 2.02. The van der Waals surface area contributed by atoms with Crippen LogP contribution < -0.4 is 29.6 Å². The van der Waals surface area contributed by atoms with Gasteiger partial charge in [-0.05, 0) is 96.4 Å². The van der Waals surface area contributed by atoms with E-state index in [9.17, 15) is 0 Å². The van der Waals surface area contributed by atoms with Gasteiger partial charge in [-0.15, -0.1) is 0 Å². The summed E-state index contributed by atoms with van der Waals surface area (Å²) < 4.78 is 22.3. The molecule has 0 aliphatic rings. The van der Waals surface area contributed by atoms with Crippen LogP contribution in [0.1, 0.15) is 12.8 Å². The van der Waals surface area contributed by atoms with Gasteiger partial charge in [0.1, 0.15) is 23.0 Å². The molecule has 0 radical (unpaired) electrons. The number of fused-ring (bicyclic) bond motifs is 1. The van der Waals surface area contributed by atoms with E-state index < -0.39 is 0 Å². The maximum absolute atomic E-state index is 5.98. The van der Waals surface area contributed by atoms with Crippen molar-refractivity contribution in [1.29, 1.82) is 0 Å². The van der Waals surface area contributed by atoms with E-state index in [2.05, 4.69) is 34.9 Å². The molecule has 0 aliphatic carbocycles. The number of methoxy groups -OCH3 is 2. The van der Waals surface area contributed by atoms with Crippen molar-refractivity contribution in [2.24, 2.45) is 0 Å². The standard InChI is InChI=1S/C30H34N2O4/c1-33-27-13-7-25(8-14-27)31-17-3-19-35-29-11-5-23-6-12-30(22-24(23)21-29)36-20-4-18-32-26-9-15-28(34-2)16-10-26/h5-16,21-22,31-32H,3-4,17-20H2,1-2H3. The quantitative estimate of drug-likeness (QED) is 0.195. The Morgan fingerprint density at radius 1 is 0.500 bits per heavy atom. The molecule has 0 amide bonds. The van der Waals surface area contributed by atoms with Crippen LogP contribution in [-0.4, -0.2) is 40.5 Å². The van der Waals surface area contributed by atoms with Crippen molar-refractivity contribution in [2.45, 2.75) is 12.8 Å². The summed E-state index contributed by atoms with van der Waals surface area (Å²) in [7, 11) is 3.34. The van der Waals surface area contributed by atoms with Gasteiger partial charge in [-0.1, -0.05) is 12.1 Å². The Balaban J connectivity index is 1.18. The third-order valence-corrected chi connectivity index (χ3v) is 5.80. The Labute approximate surface area is 213 Å². The lowest BCUT2D eigenvalue weighted by atomic mass is 10.1. The lowest BCUT2D eigenvalue weighted by Gasteiger charge is -2.11. The first kappa shape index (κ1) is 25.0. The molecular formula is C30H34N2O4. The van der Waals surface area contributed by atoms with Crippen molar-refractivity contribution in [3.63, 3.8) is 0 Å². The summed E-state index contributed by atoms with van der Waals surface area (Å²) in [5, 5.41) is 9.07. The SMILES string of the molecule is COc1ccc(NCCCOc2ccc3ccc(OCCCNc4ccc(OC)cc4)cc3c2)cc1. The summed E-state index contributed by atoms with van der Waals surface area (Å²) >= 11 is 0. The topological polar surface area (TPSA) is 61.0 Å². The molecule has 6 heteroatoms. The molecule has 0 saturated heterocycles. The van der Waals surface area contributed by atoms with Gasteiger partial charge in [0.2, 0.25) is 0 Å². The van der Waals surface area contributed by atoms with Crippen LogP contribution in [0.15, 0.2) is 84.9 Å². The van der Waals surface area contributed by atoms with E-state index in [-0.39, 0.29) is 0 Å². The molecule has 0 saturated carbocycles. The van der Waals surface area contributed by atoms with E-state index in [4.69, 9.17) is 18.9 Å². The fraction of sp³-hybridized carbons (Fsp3) is 0.267. The van der Waals surface area contributed by atoms with Gasteiger partial charge in [-0.2, -0.15) is 0 Å². The summed E-state index contributed by atoms with van der Waals surface area (Å²) in [5.41, 5.74) is 2.15. The van der Waals surface area contributed by atoms with Crippen molar-refractivity contribution in [3.8, 4) is 23.0 Å². The minimum atomic E-state index is 0.645. The van der Waals surface area contributed by atoms with Gasteiger partial charge in [-0.3, -0.25) is 0 Å². The van der Waals surface area contributed by atoms with Gasteiger partial charge in [-0.25, -0.2) is 0 Å². The minimum Gasteiger partial charge on any atom is -0.497 e. The highest BCUT2D eigenvalue weighted by Crippen LogP contribution is 2.25. The third kappa shape index (κ3) is 7.47. The van der Waals surface area contributed by atoms with Crippen molar-refractivity contribution < 1.29 is 18.9 Å². The molecule has 2 N–H and O–H groups in total. The Kier molecular flexibility index (Phi) is 9.14.